The number of rotatable bonds is 3. The smallest absolute Gasteiger partial charge is 0.252 e. The van der Waals surface area contributed by atoms with Gasteiger partial charge in [0.2, 0.25) is 5.91 Å². The molecule has 2 aromatic rings. The number of hydrogen-bond donors (Lipinski definition) is 1. The predicted molar refractivity (Wildman–Crippen MR) is 77.3 cm³/mol. The van der Waals surface area contributed by atoms with E-state index in [2.05, 4.69) is 20.4 Å². The molecule has 0 saturated heterocycles. The first-order chi connectivity index (χ1) is 9.36. The van der Waals surface area contributed by atoms with Gasteiger partial charge in [0.25, 0.3) is 5.95 Å². The highest BCUT2D eigenvalue weighted by Gasteiger charge is 2.16. The van der Waals surface area contributed by atoms with Crippen LogP contribution in [-0.2, 0) is 4.79 Å². The van der Waals surface area contributed by atoms with E-state index in [-0.39, 0.29) is 5.91 Å². The van der Waals surface area contributed by atoms with Crippen LogP contribution in [0.25, 0.3) is 5.95 Å². The van der Waals surface area contributed by atoms with Gasteiger partial charge in [-0.1, -0.05) is 0 Å². The van der Waals surface area contributed by atoms with E-state index in [1.165, 1.54) is 4.68 Å². The fourth-order valence-electron chi connectivity index (χ4n) is 1.77. The lowest BCUT2D eigenvalue weighted by Gasteiger charge is -2.09. The summed E-state index contributed by atoms with van der Waals surface area (Å²) in [6, 6.07) is 3.62. The molecule has 0 aliphatic heterocycles. The first-order valence-electron chi connectivity index (χ1n) is 6.21. The maximum absolute atomic E-state index is 11.7. The number of alkyl halides is 1. The Kier molecular flexibility index (Phi) is 4.04. The highest BCUT2D eigenvalue weighted by atomic mass is 35.5. The maximum Gasteiger partial charge on any atom is 0.252 e. The molecule has 2 rings (SSSR count). The third-order valence-corrected chi connectivity index (χ3v) is 2.80. The fraction of sp³-hybridized carbons (Fsp3) is 0.385. The molecule has 0 saturated carbocycles. The molecule has 1 amide bonds. The zero-order valence-corrected chi connectivity index (χ0v) is 12.6. The molecule has 0 fully saturated rings. The predicted octanol–water partition coefficient (Wildman–Crippen LogP) is 2.15. The first-order valence-corrected chi connectivity index (χ1v) is 6.64. The molecule has 6 nitrogen and oxygen atoms in total. The van der Waals surface area contributed by atoms with Crippen molar-refractivity contribution in [1.29, 1.82) is 0 Å². The van der Waals surface area contributed by atoms with Gasteiger partial charge in [-0.05, 0) is 33.8 Å². The Hall–Kier alpha value is -1.95. The van der Waals surface area contributed by atoms with E-state index in [4.69, 9.17) is 11.6 Å². The summed E-state index contributed by atoms with van der Waals surface area (Å²) in [5.41, 5.74) is 2.43. The number of amides is 1. The van der Waals surface area contributed by atoms with E-state index < -0.39 is 5.38 Å². The molecule has 2 heterocycles. The van der Waals surface area contributed by atoms with Crippen molar-refractivity contribution in [2.45, 2.75) is 33.1 Å². The van der Waals surface area contributed by atoms with Crippen LogP contribution in [0.1, 0.15) is 24.0 Å². The van der Waals surface area contributed by atoms with Gasteiger partial charge in [-0.3, -0.25) is 4.79 Å². The quantitative estimate of drug-likeness (QED) is 0.880. The number of carbonyl (C=O) groups is 1. The molecule has 0 bridgehead atoms. The number of hydrogen-bond acceptors (Lipinski definition) is 4. The minimum Gasteiger partial charge on any atom is -0.309 e. The SMILES string of the molecule is Cc1cc(C)nc(-n2nc(C)cc2NC(=O)C(C)Cl)n1. The highest BCUT2D eigenvalue weighted by Crippen LogP contribution is 2.16. The fourth-order valence-corrected chi connectivity index (χ4v) is 1.82. The van der Waals surface area contributed by atoms with E-state index in [0.29, 0.717) is 11.8 Å². The van der Waals surface area contributed by atoms with Crippen molar-refractivity contribution in [3.63, 3.8) is 0 Å². The molecule has 1 N–H and O–H groups in total. The molecular formula is C13H16ClN5O. The second-order valence-electron chi connectivity index (χ2n) is 4.64. The lowest BCUT2D eigenvalue weighted by atomic mass is 10.3. The van der Waals surface area contributed by atoms with Gasteiger partial charge in [0.05, 0.1) is 5.69 Å². The van der Waals surface area contributed by atoms with Crippen molar-refractivity contribution < 1.29 is 4.79 Å². The summed E-state index contributed by atoms with van der Waals surface area (Å²) in [5.74, 6) is 0.635. The molecule has 7 heteroatoms. The molecule has 0 radical (unpaired) electrons. The summed E-state index contributed by atoms with van der Waals surface area (Å²) in [6.07, 6.45) is 0. The Morgan fingerprint density at radius 1 is 1.20 bits per heavy atom. The molecule has 0 aromatic carbocycles. The summed E-state index contributed by atoms with van der Waals surface area (Å²) in [4.78, 5) is 20.4. The highest BCUT2D eigenvalue weighted by molar-refractivity contribution is 6.32. The number of carbonyl (C=O) groups excluding carboxylic acids is 1. The summed E-state index contributed by atoms with van der Waals surface area (Å²) in [6.45, 7) is 7.21. The Morgan fingerprint density at radius 2 is 1.80 bits per heavy atom. The molecule has 2 aromatic heterocycles. The zero-order valence-electron chi connectivity index (χ0n) is 11.8. The number of halogens is 1. The largest absolute Gasteiger partial charge is 0.309 e. The number of nitrogens with zero attached hydrogens (tertiary/aromatic N) is 4. The Morgan fingerprint density at radius 3 is 2.35 bits per heavy atom. The molecule has 0 aliphatic carbocycles. The van der Waals surface area contributed by atoms with Gasteiger partial charge in [-0.2, -0.15) is 9.78 Å². The molecule has 1 atom stereocenters. The van der Waals surface area contributed by atoms with Gasteiger partial charge in [0, 0.05) is 17.5 Å². The van der Waals surface area contributed by atoms with Gasteiger partial charge in [-0.25, -0.2) is 9.97 Å². The molecular weight excluding hydrogens is 278 g/mol. The van der Waals surface area contributed by atoms with Crippen LogP contribution in [0.2, 0.25) is 0 Å². The number of nitrogens with one attached hydrogen (secondary N) is 1. The number of aromatic nitrogens is 4. The Balaban J connectivity index is 2.43. The first kappa shape index (κ1) is 14.5. The molecule has 1 unspecified atom stereocenters. The van der Waals surface area contributed by atoms with E-state index in [0.717, 1.165) is 17.1 Å². The van der Waals surface area contributed by atoms with Crippen LogP contribution in [0.3, 0.4) is 0 Å². The van der Waals surface area contributed by atoms with Crippen LogP contribution < -0.4 is 5.32 Å². The van der Waals surface area contributed by atoms with Crippen LogP contribution in [0, 0.1) is 20.8 Å². The average molecular weight is 294 g/mol. The van der Waals surface area contributed by atoms with E-state index >= 15 is 0 Å². The van der Waals surface area contributed by atoms with Crippen LogP contribution in [0.15, 0.2) is 12.1 Å². The summed E-state index contributed by atoms with van der Waals surface area (Å²) >= 11 is 5.76. The normalized spacial score (nSPS) is 12.2. The third kappa shape index (κ3) is 3.14. The monoisotopic (exact) mass is 293 g/mol. The molecule has 0 spiro atoms. The van der Waals surface area contributed by atoms with Gasteiger partial charge >= 0.3 is 0 Å². The minimum atomic E-state index is -0.626. The summed E-state index contributed by atoms with van der Waals surface area (Å²) in [7, 11) is 0. The number of anilines is 1. The van der Waals surface area contributed by atoms with Crippen LogP contribution in [0.4, 0.5) is 5.82 Å². The van der Waals surface area contributed by atoms with Crippen LogP contribution in [0.5, 0.6) is 0 Å². The number of aryl methyl sites for hydroxylation is 3. The van der Waals surface area contributed by atoms with Gasteiger partial charge in [0.1, 0.15) is 11.2 Å². The van der Waals surface area contributed by atoms with Crippen molar-refractivity contribution >= 4 is 23.3 Å². The lowest BCUT2D eigenvalue weighted by Crippen LogP contribution is -2.22. The Labute approximate surface area is 122 Å². The van der Waals surface area contributed by atoms with Crippen molar-refractivity contribution in [3.8, 4) is 5.95 Å². The maximum atomic E-state index is 11.7. The van der Waals surface area contributed by atoms with Crippen molar-refractivity contribution in [2.24, 2.45) is 0 Å². The molecule has 0 aliphatic rings. The Bertz CT molecular complexity index is 630. The van der Waals surface area contributed by atoms with E-state index in [9.17, 15) is 4.79 Å². The van der Waals surface area contributed by atoms with Gasteiger partial charge < -0.3 is 5.32 Å². The van der Waals surface area contributed by atoms with Crippen molar-refractivity contribution in [2.75, 3.05) is 5.32 Å². The summed E-state index contributed by atoms with van der Waals surface area (Å²) < 4.78 is 1.51. The third-order valence-electron chi connectivity index (χ3n) is 2.60. The van der Waals surface area contributed by atoms with Gasteiger partial charge in [0.15, 0.2) is 0 Å². The van der Waals surface area contributed by atoms with E-state index in [1.54, 1.807) is 13.0 Å². The van der Waals surface area contributed by atoms with Crippen LogP contribution in [-0.4, -0.2) is 31.0 Å². The van der Waals surface area contributed by atoms with Crippen molar-refractivity contribution in [1.82, 2.24) is 19.7 Å². The topological polar surface area (TPSA) is 72.7 Å². The lowest BCUT2D eigenvalue weighted by molar-refractivity contribution is -0.115. The second kappa shape index (κ2) is 5.58. The van der Waals surface area contributed by atoms with E-state index in [1.807, 2.05) is 26.8 Å². The van der Waals surface area contributed by atoms with Crippen LogP contribution >= 0.6 is 11.6 Å². The second-order valence-corrected chi connectivity index (χ2v) is 5.29. The minimum absolute atomic E-state index is 0.294. The van der Waals surface area contributed by atoms with Crippen molar-refractivity contribution in [3.05, 3.63) is 29.2 Å². The standard InChI is InChI=1S/C13H16ClN5O/c1-7-5-8(2)16-13(15-7)19-11(6-9(3)18-19)17-12(20)10(4)14/h5-6,10H,1-4H3,(H,17,20). The van der Waals surface area contributed by atoms with Gasteiger partial charge in [-0.15, -0.1) is 11.6 Å². The zero-order chi connectivity index (χ0) is 14.9. The average Bonchev–Trinajstić information content (AvgIpc) is 2.68. The molecule has 20 heavy (non-hydrogen) atoms. The summed E-state index contributed by atoms with van der Waals surface area (Å²) in [5, 5.41) is 6.40. The molecule has 106 valence electrons.